The first-order valence-corrected chi connectivity index (χ1v) is 8.73. The van der Waals surface area contributed by atoms with Crippen molar-refractivity contribution < 1.29 is 28.3 Å². The van der Waals surface area contributed by atoms with Gasteiger partial charge in [-0.15, -0.1) is 0 Å². The molecule has 28 heavy (non-hydrogen) atoms. The minimum atomic E-state index is -1.27. The monoisotopic (exact) mass is 388 g/mol. The van der Waals surface area contributed by atoms with Gasteiger partial charge in [-0.3, -0.25) is 9.59 Å². The van der Waals surface area contributed by atoms with Crippen LogP contribution >= 0.6 is 0 Å². The molecule has 0 aliphatic carbocycles. The molecule has 146 valence electrons. The van der Waals surface area contributed by atoms with Crippen LogP contribution in [0.5, 0.6) is 0 Å². The maximum atomic E-state index is 14.1. The van der Waals surface area contributed by atoms with E-state index >= 15 is 0 Å². The van der Waals surface area contributed by atoms with Crippen molar-refractivity contribution in [1.82, 2.24) is 4.90 Å². The largest absolute Gasteiger partial charge is 0.478 e. The van der Waals surface area contributed by atoms with Gasteiger partial charge in [-0.05, 0) is 49.2 Å². The average Bonchev–Trinajstić information content (AvgIpc) is 2.67. The van der Waals surface area contributed by atoms with E-state index < -0.39 is 23.5 Å². The summed E-state index contributed by atoms with van der Waals surface area (Å²) in [7, 11) is 0. The second-order valence-electron chi connectivity index (χ2n) is 6.57. The molecule has 0 radical (unpaired) electrons. The number of amides is 2. The molecule has 2 amide bonds. The number of aromatic carboxylic acids is 1. The van der Waals surface area contributed by atoms with Crippen LogP contribution in [0.4, 0.5) is 14.5 Å². The Morgan fingerprint density at radius 1 is 1.04 bits per heavy atom. The molecule has 0 saturated carbocycles. The molecular formula is C20H18F2N2O4. The van der Waals surface area contributed by atoms with Crippen LogP contribution < -0.4 is 5.32 Å². The van der Waals surface area contributed by atoms with Crippen molar-refractivity contribution in [1.29, 1.82) is 0 Å². The molecular weight excluding hydrogens is 370 g/mol. The number of piperidine rings is 1. The maximum absolute atomic E-state index is 14.1. The number of nitrogens with zero attached hydrogens (tertiary/aromatic N) is 1. The van der Waals surface area contributed by atoms with E-state index in [4.69, 9.17) is 5.11 Å². The molecule has 0 atom stereocenters. The summed E-state index contributed by atoms with van der Waals surface area (Å²) in [6, 6.07) is 8.73. The van der Waals surface area contributed by atoms with Crippen LogP contribution in [0.15, 0.2) is 42.5 Å². The van der Waals surface area contributed by atoms with Gasteiger partial charge in [0.05, 0.1) is 11.1 Å². The fraction of sp³-hybridized carbons (Fsp3) is 0.250. The summed E-state index contributed by atoms with van der Waals surface area (Å²) in [5.41, 5.74) is -0.0708. The summed E-state index contributed by atoms with van der Waals surface area (Å²) in [6.45, 7) is 0.528. The Hall–Kier alpha value is -3.29. The van der Waals surface area contributed by atoms with Crippen LogP contribution in [0.1, 0.15) is 33.6 Å². The number of halogens is 2. The van der Waals surface area contributed by atoms with Crippen molar-refractivity contribution in [2.75, 3.05) is 18.4 Å². The quantitative estimate of drug-likeness (QED) is 0.842. The molecule has 1 saturated heterocycles. The normalized spacial score (nSPS) is 14.6. The van der Waals surface area contributed by atoms with Gasteiger partial charge in [0.2, 0.25) is 5.91 Å². The van der Waals surface area contributed by atoms with E-state index in [2.05, 4.69) is 5.32 Å². The van der Waals surface area contributed by atoms with Crippen molar-refractivity contribution in [2.45, 2.75) is 12.8 Å². The summed E-state index contributed by atoms with van der Waals surface area (Å²) in [5, 5.41) is 11.5. The summed E-state index contributed by atoms with van der Waals surface area (Å²) in [4.78, 5) is 37.1. The Balaban J connectivity index is 1.59. The van der Waals surface area contributed by atoms with E-state index in [1.807, 2.05) is 0 Å². The highest BCUT2D eigenvalue weighted by atomic mass is 19.1. The van der Waals surface area contributed by atoms with Crippen LogP contribution in [0, 0.1) is 17.6 Å². The van der Waals surface area contributed by atoms with Crippen LogP contribution in [-0.4, -0.2) is 40.9 Å². The molecule has 2 aromatic rings. The number of hydrogen-bond donors (Lipinski definition) is 2. The van der Waals surface area contributed by atoms with E-state index in [0.29, 0.717) is 18.5 Å². The number of carbonyl (C=O) groups excluding carboxylic acids is 2. The maximum Gasteiger partial charge on any atom is 0.335 e. The molecule has 2 aromatic carbocycles. The topological polar surface area (TPSA) is 86.7 Å². The number of carboxylic acids is 1. The van der Waals surface area contributed by atoms with E-state index in [0.717, 1.165) is 12.1 Å². The van der Waals surface area contributed by atoms with Gasteiger partial charge in [-0.1, -0.05) is 6.07 Å². The average molecular weight is 388 g/mol. The molecule has 0 spiro atoms. The fourth-order valence-electron chi connectivity index (χ4n) is 3.15. The number of hydrogen-bond acceptors (Lipinski definition) is 3. The Morgan fingerprint density at radius 3 is 2.36 bits per heavy atom. The van der Waals surface area contributed by atoms with Crippen molar-refractivity contribution in [3.63, 3.8) is 0 Å². The van der Waals surface area contributed by atoms with Crippen LogP contribution in [0.2, 0.25) is 0 Å². The molecule has 1 aliphatic heterocycles. The van der Waals surface area contributed by atoms with Gasteiger partial charge in [0.25, 0.3) is 5.91 Å². The molecule has 1 heterocycles. The number of nitrogens with one attached hydrogen (secondary N) is 1. The minimum absolute atomic E-state index is 0.201. The lowest BCUT2D eigenvalue weighted by atomic mass is 9.95. The Labute approximate surface area is 159 Å². The van der Waals surface area contributed by atoms with E-state index in [-0.39, 0.29) is 36.0 Å². The van der Waals surface area contributed by atoms with Gasteiger partial charge in [-0.2, -0.15) is 0 Å². The zero-order chi connectivity index (χ0) is 20.3. The Kier molecular flexibility index (Phi) is 5.67. The molecule has 0 unspecified atom stereocenters. The van der Waals surface area contributed by atoms with Gasteiger partial charge >= 0.3 is 5.97 Å². The summed E-state index contributed by atoms with van der Waals surface area (Å²) in [6.07, 6.45) is 0.781. The number of rotatable bonds is 4. The highest BCUT2D eigenvalue weighted by Gasteiger charge is 2.29. The van der Waals surface area contributed by atoms with Gasteiger partial charge < -0.3 is 15.3 Å². The predicted molar refractivity (Wildman–Crippen MR) is 97.0 cm³/mol. The van der Waals surface area contributed by atoms with Crippen molar-refractivity contribution in [3.05, 3.63) is 65.2 Å². The smallest absolute Gasteiger partial charge is 0.335 e. The molecule has 8 heteroatoms. The Bertz CT molecular complexity index is 924. The second kappa shape index (κ2) is 8.16. The first-order valence-electron chi connectivity index (χ1n) is 8.73. The molecule has 3 rings (SSSR count). The van der Waals surface area contributed by atoms with Crippen LogP contribution in [0.25, 0.3) is 0 Å². The highest BCUT2D eigenvalue weighted by Crippen LogP contribution is 2.22. The molecule has 0 aromatic heterocycles. The standard InChI is InChI=1S/C20H18F2N2O4/c21-14-2-1-3-15(11-14)23-18(25)12-6-8-24(9-7-12)19(26)16-5-4-13(20(27)28)10-17(16)22/h1-5,10-12H,6-9H2,(H,23,25)(H,27,28). The van der Waals surface area contributed by atoms with Crippen molar-refractivity contribution in [3.8, 4) is 0 Å². The molecule has 6 nitrogen and oxygen atoms in total. The summed E-state index contributed by atoms with van der Waals surface area (Å²) in [5.74, 6) is -3.76. The molecule has 2 N–H and O–H groups in total. The lowest BCUT2D eigenvalue weighted by Gasteiger charge is -2.31. The minimum Gasteiger partial charge on any atom is -0.478 e. The number of benzene rings is 2. The lowest BCUT2D eigenvalue weighted by Crippen LogP contribution is -2.41. The number of anilines is 1. The van der Waals surface area contributed by atoms with Gasteiger partial charge in [-0.25, -0.2) is 13.6 Å². The van der Waals surface area contributed by atoms with E-state index in [1.54, 1.807) is 6.07 Å². The number of carbonyl (C=O) groups is 3. The van der Waals surface area contributed by atoms with E-state index in [9.17, 15) is 23.2 Å². The summed E-state index contributed by atoms with van der Waals surface area (Å²) < 4.78 is 27.3. The second-order valence-corrected chi connectivity index (χ2v) is 6.57. The van der Waals surface area contributed by atoms with Gasteiger partial charge in [0.15, 0.2) is 0 Å². The van der Waals surface area contributed by atoms with Crippen LogP contribution in [0.3, 0.4) is 0 Å². The van der Waals surface area contributed by atoms with E-state index in [1.165, 1.54) is 29.2 Å². The fourth-order valence-corrected chi connectivity index (χ4v) is 3.15. The van der Waals surface area contributed by atoms with Gasteiger partial charge in [0.1, 0.15) is 11.6 Å². The number of carboxylic acid groups (broad SMARTS) is 1. The van der Waals surface area contributed by atoms with Crippen LogP contribution in [-0.2, 0) is 4.79 Å². The van der Waals surface area contributed by atoms with Crippen molar-refractivity contribution >= 4 is 23.5 Å². The first-order chi connectivity index (χ1) is 13.3. The zero-order valence-electron chi connectivity index (χ0n) is 14.8. The molecule has 0 bridgehead atoms. The third-order valence-corrected chi connectivity index (χ3v) is 4.69. The number of likely N-dealkylation sites (tertiary alicyclic amines) is 1. The Morgan fingerprint density at radius 2 is 1.75 bits per heavy atom. The lowest BCUT2D eigenvalue weighted by molar-refractivity contribution is -0.121. The third-order valence-electron chi connectivity index (χ3n) is 4.69. The summed E-state index contributed by atoms with van der Waals surface area (Å²) >= 11 is 0. The van der Waals surface area contributed by atoms with Crippen molar-refractivity contribution in [2.24, 2.45) is 5.92 Å². The SMILES string of the molecule is O=C(O)c1ccc(C(=O)N2CCC(C(=O)Nc3cccc(F)c3)CC2)c(F)c1. The molecule has 1 fully saturated rings. The third kappa shape index (κ3) is 4.33. The predicted octanol–water partition coefficient (Wildman–Crippen LogP) is 3.15. The van der Waals surface area contributed by atoms with Gasteiger partial charge in [0, 0.05) is 24.7 Å². The zero-order valence-corrected chi connectivity index (χ0v) is 14.8. The molecule has 1 aliphatic rings. The first kappa shape index (κ1) is 19.5. The highest BCUT2D eigenvalue weighted by molar-refractivity contribution is 5.97.